The van der Waals surface area contributed by atoms with Crippen molar-refractivity contribution < 1.29 is 9.90 Å². The van der Waals surface area contributed by atoms with Gasteiger partial charge in [0.15, 0.2) is 5.15 Å². The molecule has 0 saturated heterocycles. The molecule has 0 aliphatic carbocycles. The highest BCUT2D eigenvalue weighted by Crippen LogP contribution is 2.32. The fourth-order valence-corrected chi connectivity index (χ4v) is 3.14. The molecule has 0 aliphatic rings. The van der Waals surface area contributed by atoms with E-state index >= 15 is 0 Å². The van der Waals surface area contributed by atoms with Crippen LogP contribution < -0.4 is 0 Å². The summed E-state index contributed by atoms with van der Waals surface area (Å²) in [5.41, 5.74) is 2.44. The van der Waals surface area contributed by atoms with Crippen LogP contribution in [0.4, 0.5) is 0 Å². The molecule has 4 aromatic rings. The van der Waals surface area contributed by atoms with Crippen molar-refractivity contribution in [1.82, 2.24) is 9.97 Å². The average Bonchev–Trinajstić information content (AvgIpc) is 2.60. The molecule has 2 aromatic carbocycles. The van der Waals surface area contributed by atoms with Gasteiger partial charge in [-0.2, -0.15) is 0 Å². The Labute approximate surface area is 142 Å². The number of nitrogens with zero attached hydrogens (tertiary/aromatic N) is 2. The van der Waals surface area contributed by atoms with Crippen LogP contribution in [-0.4, -0.2) is 21.0 Å². The summed E-state index contributed by atoms with van der Waals surface area (Å²) >= 11 is 6.28. The monoisotopic (exact) mass is 334 g/mol. The zero-order valence-corrected chi connectivity index (χ0v) is 13.2. The summed E-state index contributed by atoms with van der Waals surface area (Å²) in [6, 6.07) is 16.4. The van der Waals surface area contributed by atoms with E-state index in [1.165, 1.54) is 0 Å². The van der Waals surface area contributed by atoms with Gasteiger partial charge in [0.2, 0.25) is 0 Å². The van der Waals surface area contributed by atoms with Gasteiger partial charge >= 0.3 is 5.97 Å². The fourth-order valence-electron chi connectivity index (χ4n) is 2.89. The van der Waals surface area contributed by atoms with E-state index in [0.717, 1.165) is 16.3 Å². The van der Waals surface area contributed by atoms with Gasteiger partial charge in [0.25, 0.3) is 0 Å². The lowest BCUT2D eigenvalue weighted by molar-refractivity contribution is 0.0699. The summed E-state index contributed by atoms with van der Waals surface area (Å²) in [6.07, 6.45) is 1.67. The number of fused-ring (bicyclic) bond motifs is 2. The summed E-state index contributed by atoms with van der Waals surface area (Å²) in [6.45, 7) is 0. The van der Waals surface area contributed by atoms with Crippen molar-refractivity contribution in [3.8, 4) is 11.3 Å². The second-order valence-electron chi connectivity index (χ2n) is 5.38. The topological polar surface area (TPSA) is 63.1 Å². The molecule has 2 heterocycles. The molecular formula is C19H11ClN2O2. The first kappa shape index (κ1) is 14.6. The number of rotatable bonds is 2. The summed E-state index contributed by atoms with van der Waals surface area (Å²) < 4.78 is 0. The van der Waals surface area contributed by atoms with E-state index in [9.17, 15) is 9.90 Å². The quantitative estimate of drug-likeness (QED) is 0.535. The Kier molecular flexibility index (Phi) is 3.40. The van der Waals surface area contributed by atoms with Crippen LogP contribution in [0.3, 0.4) is 0 Å². The van der Waals surface area contributed by atoms with Crippen molar-refractivity contribution in [2.24, 2.45) is 0 Å². The molecule has 0 fully saturated rings. The van der Waals surface area contributed by atoms with Gasteiger partial charge in [0, 0.05) is 17.1 Å². The highest BCUT2D eigenvalue weighted by molar-refractivity contribution is 6.34. The van der Waals surface area contributed by atoms with Gasteiger partial charge in [-0.3, -0.25) is 4.98 Å². The number of benzene rings is 2. The molecule has 24 heavy (non-hydrogen) atoms. The van der Waals surface area contributed by atoms with Crippen molar-refractivity contribution in [3.05, 3.63) is 71.5 Å². The van der Waals surface area contributed by atoms with E-state index in [-0.39, 0.29) is 5.56 Å². The summed E-state index contributed by atoms with van der Waals surface area (Å²) in [4.78, 5) is 20.1. The van der Waals surface area contributed by atoms with Crippen LogP contribution in [-0.2, 0) is 0 Å². The standard InChI is InChI=1S/C19H11ClN2O2/c20-18-17-11(4-3-9-21-17)10-16(22-18)14-7-8-15(19(23)24)13-6-2-1-5-12(13)14/h1-10H,(H,23,24). The Hall–Kier alpha value is -2.98. The number of carboxylic acid groups (broad SMARTS) is 1. The molecule has 0 spiro atoms. The largest absolute Gasteiger partial charge is 0.478 e. The number of carbonyl (C=O) groups is 1. The number of aromatic nitrogens is 2. The van der Waals surface area contributed by atoms with E-state index in [4.69, 9.17) is 11.6 Å². The lowest BCUT2D eigenvalue weighted by Crippen LogP contribution is -1.98. The van der Waals surface area contributed by atoms with E-state index in [1.54, 1.807) is 24.4 Å². The predicted molar refractivity (Wildman–Crippen MR) is 94.4 cm³/mol. The van der Waals surface area contributed by atoms with Gasteiger partial charge in [0.1, 0.15) is 5.52 Å². The van der Waals surface area contributed by atoms with Gasteiger partial charge in [-0.1, -0.05) is 48.0 Å². The van der Waals surface area contributed by atoms with Crippen LogP contribution in [0.2, 0.25) is 5.15 Å². The third-order valence-electron chi connectivity index (χ3n) is 3.98. The van der Waals surface area contributed by atoms with Crippen LogP contribution in [0.5, 0.6) is 0 Å². The molecule has 4 rings (SSSR count). The van der Waals surface area contributed by atoms with E-state index < -0.39 is 5.97 Å². The highest BCUT2D eigenvalue weighted by Gasteiger charge is 2.14. The van der Waals surface area contributed by atoms with Crippen molar-refractivity contribution in [1.29, 1.82) is 0 Å². The first-order valence-electron chi connectivity index (χ1n) is 7.32. The summed E-state index contributed by atoms with van der Waals surface area (Å²) in [5.74, 6) is -0.952. The van der Waals surface area contributed by atoms with Crippen molar-refractivity contribution in [3.63, 3.8) is 0 Å². The van der Waals surface area contributed by atoms with Crippen LogP contribution in [0.1, 0.15) is 10.4 Å². The second kappa shape index (κ2) is 5.58. The predicted octanol–water partition coefficient (Wildman–Crippen LogP) is 4.80. The first-order valence-corrected chi connectivity index (χ1v) is 7.69. The van der Waals surface area contributed by atoms with E-state index in [1.807, 2.05) is 36.4 Å². The Morgan fingerprint density at radius 1 is 1.00 bits per heavy atom. The maximum absolute atomic E-state index is 11.4. The lowest BCUT2D eigenvalue weighted by Gasteiger charge is -2.10. The van der Waals surface area contributed by atoms with E-state index in [0.29, 0.717) is 21.7 Å². The molecule has 0 radical (unpaired) electrons. The molecular weight excluding hydrogens is 324 g/mol. The summed E-state index contributed by atoms with van der Waals surface area (Å²) in [5, 5.41) is 12.1. The maximum Gasteiger partial charge on any atom is 0.336 e. The smallest absolute Gasteiger partial charge is 0.336 e. The van der Waals surface area contributed by atoms with Crippen LogP contribution in [0.25, 0.3) is 32.9 Å². The molecule has 0 atom stereocenters. The molecule has 5 heteroatoms. The van der Waals surface area contributed by atoms with Gasteiger partial charge in [-0.25, -0.2) is 9.78 Å². The van der Waals surface area contributed by atoms with Gasteiger partial charge < -0.3 is 5.11 Å². The van der Waals surface area contributed by atoms with Crippen molar-refractivity contribution in [2.75, 3.05) is 0 Å². The molecule has 0 unspecified atom stereocenters. The van der Waals surface area contributed by atoms with Crippen molar-refractivity contribution in [2.45, 2.75) is 0 Å². The zero-order valence-electron chi connectivity index (χ0n) is 12.4. The summed E-state index contributed by atoms with van der Waals surface area (Å²) in [7, 11) is 0. The minimum absolute atomic E-state index is 0.267. The normalized spacial score (nSPS) is 11.0. The number of halogens is 1. The highest BCUT2D eigenvalue weighted by atomic mass is 35.5. The fraction of sp³-hybridized carbons (Fsp3) is 0. The van der Waals surface area contributed by atoms with Crippen molar-refractivity contribution >= 4 is 39.2 Å². The number of pyridine rings is 2. The number of hydrogen-bond acceptors (Lipinski definition) is 3. The minimum atomic E-state index is -0.952. The van der Waals surface area contributed by atoms with Crippen LogP contribution in [0, 0.1) is 0 Å². The second-order valence-corrected chi connectivity index (χ2v) is 5.74. The first-order chi connectivity index (χ1) is 11.6. The zero-order chi connectivity index (χ0) is 16.7. The lowest BCUT2D eigenvalue weighted by atomic mass is 9.97. The van der Waals surface area contributed by atoms with Gasteiger partial charge in [0.05, 0.1) is 11.3 Å². The molecule has 1 N–H and O–H groups in total. The van der Waals surface area contributed by atoms with Crippen LogP contribution in [0.15, 0.2) is 60.8 Å². The Balaban J connectivity index is 2.04. The minimum Gasteiger partial charge on any atom is -0.478 e. The molecule has 116 valence electrons. The molecule has 0 bridgehead atoms. The van der Waals surface area contributed by atoms with Gasteiger partial charge in [-0.05, 0) is 29.0 Å². The van der Waals surface area contributed by atoms with Crippen LogP contribution >= 0.6 is 11.6 Å². The molecule has 0 saturated carbocycles. The van der Waals surface area contributed by atoms with E-state index in [2.05, 4.69) is 9.97 Å². The number of aromatic carboxylic acids is 1. The molecule has 0 aliphatic heterocycles. The third kappa shape index (κ3) is 2.28. The molecule has 4 nitrogen and oxygen atoms in total. The Bertz CT molecular complexity index is 1110. The SMILES string of the molecule is O=C(O)c1ccc(-c2cc3cccnc3c(Cl)n2)c2ccccc12. The maximum atomic E-state index is 11.4. The molecule has 0 amide bonds. The number of carboxylic acids is 1. The Morgan fingerprint density at radius 3 is 2.58 bits per heavy atom. The third-order valence-corrected chi connectivity index (χ3v) is 4.24. The van der Waals surface area contributed by atoms with Gasteiger partial charge in [-0.15, -0.1) is 0 Å². The average molecular weight is 335 g/mol. The number of hydrogen-bond donors (Lipinski definition) is 1. The Morgan fingerprint density at radius 2 is 1.79 bits per heavy atom. The molecule has 2 aromatic heterocycles.